The first-order valence-corrected chi connectivity index (χ1v) is 14.9. The molecule has 7 rings (SSSR count). The highest BCUT2D eigenvalue weighted by molar-refractivity contribution is 5.86. The number of hydrogen-bond acceptors (Lipinski definition) is 2. The van der Waals surface area contributed by atoms with E-state index in [1.807, 2.05) is 54.1 Å². The Kier molecular flexibility index (Phi) is 7.24. The molecular weight excluding hydrogens is 561 g/mol. The lowest BCUT2D eigenvalue weighted by Crippen LogP contribution is -2.52. The predicted octanol–water partition coefficient (Wildman–Crippen LogP) is 7.12. The molecule has 0 amide bonds. The van der Waals surface area contributed by atoms with Gasteiger partial charge in [0, 0.05) is 47.4 Å². The second-order valence-corrected chi connectivity index (χ2v) is 11.7. The summed E-state index contributed by atoms with van der Waals surface area (Å²) >= 11 is 0. The molecule has 0 radical (unpaired) electrons. The summed E-state index contributed by atoms with van der Waals surface area (Å²) in [6.45, 7) is 2.29. The van der Waals surface area contributed by atoms with Gasteiger partial charge in [-0.2, -0.15) is 9.13 Å². The SMILES string of the molecule is Cc1cc(F)c2c(c1)C(C[n+]1ccccc1-c1c(F)cc(F)cc1C1COC(=O)c3cccc[n+]31)CC1C=CC=CC2=CC1. The number of benzene rings is 2. The third-order valence-electron chi connectivity index (χ3n) is 8.86. The standard InChI is InChI=1S/C37H31F3N2O2/c1-23-16-28-26(18-24-8-2-3-9-25(13-12-24)35(28)30(39)17-23)21-41-14-6-4-10-32(41)36-29(19-27(38)20-31(36)40)34-22-44-37(43)33-11-5-7-15-42(33)34/h2-11,13-17,19-20,24,26,34H,12,18,21-22H2,1H3/q+2. The Bertz CT molecular complexity index is 1890. The smallest absolute Gasteiger partial charge is 0.403 e. The zero-order valence-electron chi connectivity index (χ0n) is 24.2. The minimum Gasteiger partial charge on any atom is -0.450 e. The van der Waals surface area contributed by atoms with E-state index in [9.17, 15) is 9.18 Å². The number of allylic oxidation sites excluding steroid dienone is 6. The summed E-state index contributed by atoms with van der Waals surface area (Å²) < 4.78 is 55.7. The quantitative estimate of drug-likeness (QED) is 0.187. The van der Waals surface area contributed by atoms with E-state index in [4.69, 9.17) is 4.74 Å². The minimum absolute atomic E-state index is 0.0611. The van der Waals surface area contributed by atoms with Crippen molar-refractivity contribution in [1.82, 2.24) is 0 Å². The highest BCUT2D eigenvalue weighted by Crippen LogP contribution is 2.40. The number of aromatic nitrogens is 2. The molecule has 2 aromatic carbocycles. The van der Waals surface area contributed by atoms with E-state index in [-0.39, 0.29) is 29.8 Å². The van der Waals surface area contributed by atoms with Gasteiger partial charge in [-0.1, -0.05) is 36.4 Å². The normalized spacial score (nSPS) is 20.5. The van der Waals surface area contributed by atoms with Crippen molar-refractivity contribution >= 4 is 11.5 Å². The summed E-state index contributed by atoms with van der Waals surface area (Å²) in [5, 5.41) is 0. The van der Waals surface area contributed by atoms with E-state index in [0.717, 1.165) is 35.6 Å². The molecule has 4 nitrogen and oxygen atoms in total. The van der Waals surface area contributed by atoms with E-state index in [0.29, 0.717) is 29.1 Å². The van der Waals surface area contributed by atoms with Gasteiger partial charge >= 0.3 is 5.97 Å². The molecule has 7 heteroatoms. The first-order valence-electron chi connectivity index (χ1n) is 14.9. The van der Waals surface area contributed by atoms with Crippen LogP contribution in [0.2, 0.25) is 0 Å². The Labute approximate surface area is 254 Å². The fourth-order valence-corrected chi connectivity index (χ4v) is 6.90. The number of carbonyl (C=O) groups is 1. The average Bonchev–Trinajstić information content (AvgIpc) is 2.98. The van der Waals surface area contributed by atoms with Crippen LogP contribution in [0.25, 0.3) is 16.8 Å². The highest BCUT2D eigenvalue weighted by atomic mass is 19.1. The topological polar surface area (TPSA) is 34.1 Å². The van der Waals surface area contributed by atoms with Crippen molar-refractivity contribution in [2.24, 2.45) is 5.92 Å². The summed E-state index contributed by atoms with van der Waals surface area (Å²) in [4.78, 5) is 12.5. The number of esters is 1. The number of nitrogens with zero attached hydrogens (tertiary/aromatic N) is 2. The van der Waals surface area contributed by atoms with Gasteiger partial charge in [0.2, 0.25) is 11.7 Å². The van der Waals surface area contributed by atoms with E-state index in [1.54, 1.807) is 35.0 Å². The van der Waals surface area contributed by atoms with Gasteiger partial charge < -0.3 is 4.74 Å². The van der Waals surface area contributed by atoms with Crippen molar-refractivity contribution in [3.8, 4) is 11.3 Å². The Morgan fingerprint density at radius 1 is 0.886 bits per heavy atom. The van der Waals surface area contributed by atoms with Gasteiger partial charge in [-0.25, -0.2) is 18.0 Å². The molecule has 3 aliphatic rings. The second kappa shape index (κ2) is 11.4. The van der Waals surface area contributed by atoms with E-state index < -0.39 is 23.6 Å². The van der Waals surface area contributed by atoms with Gasteiger partial charge in [0.25, 0.3) is 5.69 Å². The number of cyclic esters (lactones) is 1. The molecule has 220 valence electrons. The molecule has 0 saturated carbocycles. The highest BCUT2D eigenvalue weighted by Gasteiger charge is 2.39. The lowest BCUT2D eigenvalue weighted by molar-refractivity contribution is -0.722. The maximum atomic E-state index is 16.0. The van der Waals surface area contributed by atoms with Crippen LogP contribution < -0.4 is 9.13 Å². The maximum Gasteiger partial charge on any atom is 0.403 e. The Balaban J connectivity index is 1.37. The molecule has 1 aliphatic heterocycles. The van der Waals surface area contributed by atoms with Gasteiger partial charge in [-0.05, 0) is 66.6 Å². The summed E-state index contributed by atoms with van der Waals surface area (Å²) in [6.07, 6.45) is 15.4. The third kappa shape index (κ3) is 5.06. The zero-order valence-corrected chi connectivity index (χ0v) is 24.2. The molecule has 0 spiro atoms. The largest absolute Gasteiger partial charge is 0.450 e. The predicted molar refractivity (Wildman–Crippen MR) is 160 cm³/mol. The molecule has 4 aromatic rings. The van der Waals surface area contributed by atoms with Gasteiger partial charge in [-0.3, -0.25) is 0 Å². The van der Waals surface area contributed by atoms with E-state index in [1.165, 1.54) is 6.07 Å². The monoisotopic (exact) mass is 592 g/mol. The van der Waals surface area contributed by atoms with Crippen molar-refractivity contribution < 1.29 is 31.8 Å². The first-order chi connectivity index (χ1) is 21.4. The average molecular weight is 593 g/mol. The van der Waals surface area contributed by atoms with Crippen LogP contribution >= 0.6 is 0 Å². The number of carbonyl (C=O) groups excluding carboxylic acids is 1. The summed E-state index contributed by atoms with van der Waals surface area (Å²) in [5.74, 6) is -2.01. The van der Waals surface area contributed by atoms with Crippen LogP contribution in [-0.4, -0.2) is 12.6 Å². The van der Waals surface area contributed by atoms with Crippen molar-refractivity contribution in [3.63, 3.8) is 0 Å². The molecule has 2 aliphatic carbocycles. The number of fused-ring (bicyclic) bond motifs is 5. The van der Waals surface area contributed by atoms with Gasteiger partial charge in [0.1, 0.15) is 17.5 Å². The molecule has 3 atom stereocenters. The van der Waals surface area contributed by atoms with Crippen LogP contribution in [0.4, 0.5) is 13.2 Å². The Hall–Kier alpha value is -4.78. The number of aryl methyl sites for hydroxylation is 1. The third-order valence-corrected chi connectivity index (χ3v) is 8.86. The van der Waals surface area contributed by atoms with Crippen LogP contribution in [0.5, 0.6) is 0 Å². The zero-order chi connectivity index (χ0) is 30.4. The van der Waals surface area contributed by atoms with Gasteiger partial charge in [0.05, 0.1) is 5.56 Å². The Morgan fingerprint density at radius 3 is 2.55 bits per heavy atom. The fraction of sp³-hybridized carbons (Fsp3) is 0.216. The van der Waals surface area contributed by atoms with Crippen LogP contribution in [0.1, 0.15) is 57.5 Å². The molecule has 0 N–H and O–H groups in total. The number of pyridine rings is 2. The number of hydrogen-bond donors (Lipinski definition) is 0. The van der Waals surface area contributed by atoms with Crippen LogP contribution in [0.15, 0.2) is 103 Å². The van der Waals surface area contributed by atoms with Crippen molar-refractivity contribution in [1.29, 1.82) is 0 Å². The molecule has 44 heavy (non-hydrogen) atoms. The minimum atomic E-state index is -0.713. The maximum absolute atomic E-state index is 16.0. The second-order valence-electron chi connectivity index (χ2n) is 11.7. The molecule has 0 fully saturated rings. The van der Waals surface area contributed by atoms with E-state index >= 15 is 8.78 Å². The van der Waals surface area contributed by atoms with Crippen molar-refractivity contribution in [2.45, 2.75) is 38.3 Å². The number of rotatable bonds is 4. The lowest BCUT2D eigenvalue weighted by Gasteiger charge is -2.27. The first kappa shape index (κ1) is 28.0. The number of ether oxygens (including phenoxy) is 1. The van der Waals surface area contributed by atoms with Crippen LogP contribution in [-0.2, 0) is 11.3 Å². The summed E-state index contributed by atoms with van der Waals surface area (Å²) in [6, 6.07) is 15.9. The van der Waals surface area contributed by atoms with Crippen LogP contribution in [0, 0.1) is 30.3 Å². The summed E-state index contributed by atoms with van der Waals surface area (Å²) in [7, 11) is 0. The lowest BCUT2D eigenvalue weighted by atomic mass is 9.78. The van der Waals surface area contributed by atoms with E-state index in [2.05, 4.69) is 18.2 Å². The van der Waals surface area contributed by atoms with Gasteiger partial charge in [0.15, 0.2) is 25.5 Å². The van der Waals surface area contributed by atoms with Gasteiger partial charge in [-0.15, -0.1) is 0 Å². The number of halogens is 3. The molecule has 2 aromatic heterocycles. The molecule has 3 unspecified atom stereocenters. The molecule has 2 bridgehead atoms. The molecule has 0 saturated heterocycles. The Morgan fingerprint density at radius 2 is 1.68 bits per heavy atom. The van der Waals surface area contributed by atoms with Crippen molar-refractivity contribution in [2.75, 3.05) is 6.61 Å². The fourth-order valence-electron chi connectivity index (χ4n) is 6.90. The molecular formula is C37H31F3N2O2+2. The molecule has 3 heterocycles. The summed E-state index contributed by atoms with van der Waals surface area (Å²) in [5.41, 5.74) is 4.70. The van der Waals surface area contributed by atoms with Crippen LogP contribution in [0.3, 0.4) is 0 Å². The van der Waals surface area contributed by atoms with Crippen molar-refractivity contribution in [3.05, 3.63) is 149 Å².